The van der Waals surface area contributed by atoms with E-state index < -0.39 is 15.1 Å². The zero-order chi connectivity index (χ0) is 29.2. The Morgan fingerprint density at radius 3 is 2.35 bits per heavy atom. The molecule has 1 fully saturated rings. The number of piperidine rings is 1. The maximum absolute atomic E-state index is 12.9. The van der Waals surface area contributed by atoms with Crippen molar-refractivity contribution in [3.8, 4) is 5.75 Å². The Bertz CT molecular complexity index is 1450. The second-order valence-corrected chi connectivity index (χ2v) is 14.1. The standard InChI is InChI=1S/C30H40ClN5O3S/c1-17(2)39-27-15-23(22-13-20(6)33-21(7)14-22)19(5)12-26(27)35-30-32-16-24(31)29(36-30)34-25-10-8-9-11-28(25)40(37,38)18(3)4/h8-12,15-18,20-22,33H,13-14H2,1-7H3,(H2,32,34,35,36)/t20-,21+,22?. The van der Waals surface area contributed by atoms with Gasteiger partial charge in [0.2, 0.25) is 5.95 Å². The highest BCUT2D eigenvalue weighted by molar-refractivity contribution is 7.92. The molecule has 40 heavy (non-hydrogen) atoms. The van der Waals surface area contributed by atoms with Crippen LogP contribution in [0.1, 0.15) is 71.4 Å². The predicted octanol–water partition coefficient (Wildman–Crippen LogP) is 7.14. The molecular formula is C30H40ClN5O3S. The molecular weight excluding hydrogens is 546 g/mol. The Balaban J connectivity index is 1.67. The third-order valence-corrected chi connectivity index (χ3v) is 9.56. The summed E-state index contributed by atoms with van der Waals surface area (Å²) in [6, 6.07) is 11.9. The van der Waals surface area contributed by atoms with E-state index in [1.165, 1.54) is 17.3 Å². The summed E-state index contributed by atoms with van der Waals surface area (Å²) in [5.41, 5.74) is 3.62. The molecule has 1 saturated heterocycles. The van der Waals surface area contributed by atoms with Gasteiger partial charge in [-0.1, -0.05) is 23.7 Å². The highest BCUT2D eigenvalue weighted by Crippen LogP contribution is 2.39. The Labute approximate surface area is 243 Å². The molecule has 10 heteroatoms. The van der Waals surface area contributed by atoms with Gasteiger partial charge in [-0.25, -0.2) is 13.4 Å². The van der Waals surface area contributed by atoms with Crippen molar-refractivity contribution in [2.75, 3.05) is 10.6 Å². The van der Waals surface area contributed by atoms with Gasteiger partial charge in [-0.3, -0.25) is 0 Å². The fourth-order valence-electron chi connectivity index (χ4n) is 5.25. The third-order valence-electron chi connectivity index (χ3n) is 7.07. The highest BCUT2D eigenvalue weighted by atomic mass is 35.5. The van der Waals surface area contributed by atoms with E-state index in [2.05, 4.69) is 58.8 Å². The van der Waals surface area contributed by atoms with Gasteiger partial charge in [0.05, 0.1) is 33.8 Å². The number of para-hydroxylation sites is 1. The number of hydrogen-bond donors (Lipinski definition) is 3. The second-order valence-electron chi connectivity index (χ2n) is 11.2. The molecule has 2 heterocycles. The lowest BCUT2D eigenvalue weighted by atomic mass is 9.82. The fourth-order valence-corrected chi connectivity index (χ4v) is 6.59. The number of ether oxygens (including phenoxy) is 1. The number of aromatic nitrogens is 2. The molecule has 0 bridgehead atoms. The normalized spacial score (nSPS) is 19.6. The number of aryl methyl sites for hydroxylation is 1. The monoisotopic (exact) mass is 585 g/mol. The summed E-state index contributed by atoms with van der Waals surface area (Å²) in [6.45, 7) is 13.9. The van der Waals surface area contributed by atoms with Crippen LogP contribution in [0, 0.1) is 6.92 Å². The zero-order valence-corrected chi connectivity index (χ0v) is 25.8. The van der Waals surface area contributed by atoms with Crippen LogP contribution >= 0.6 is 11.6 Å². The molecule has 0 spiro atoms. The highest BCUT2D eigenvalue weighted by Gasteiger charge is 2.27. The lowest BCUT2D eigenvalue weighted by molar-refractivity contribution is 0.243. The molecule has 0 saturated carbocycles. The molecule has 1 aliphatic rings. The largest absolute Gasteiger partial charge is 0.489 e. The molecule has 1 aromatic heterocycles. The van der Waals surface area contributed by atoms with Gasteiger partial charge in [0, 0.05) is 12.1 Å². The first-order valence-corrected chi connectivity index (χ1v) is 15.7. The molecule has 2 aromatic carbocycles. The summed E-state index contributed by atoms with van der Waals surface area (Å²) in [5.74, 6) is 1.78. The van der Waals surface area contributed by atoms with Crippen LogP contribution in [0.25, 0.3) is 0 Å². The summed E-state index contributed by atoms with van der Waals surface area (Å²) >= 11 is 6.44. The Hall–Kier alpha value is -2.88. The van der Waals surface area contributed by atoms with Gasteiger partial charge in [0.1, 0.15) is 10.8 Å². The molecule has 0 aliphatic carbocycles. The van der Waals surface area contributed by atoms with Crippen LogP contribution < -0.4 is 20.7 Å². The average molecular weight is 586 g/mol. The number of anilines is 4. The van der Waals surface area contributed by atoms with Crippen molar-refractivity contribution in [2.45, 2.75) is 95.6 Å². The van der Waals surface area contributed by atoms with Gasteiger partial charge in [-0.05, 0) is 103 Å². The molecule has 3 N–H and O–H groups in total. The number of nitrogens with zero attached hydrogens (tertiary/aromatic N) is 2. The van der Waals surface area contributed by atoms with Gasteiger partial charge in [0.15, 0.2) is 15.7 Å². The van der Waals surface area contributed by atoms with E-state index in [4.69, 9.17) is 16.3 Å². The number of benzene rings is 2. The molecule has 3 aromatic rings. The van der Waals surface area contributed by atoms with Gasteiger partial charge in [0.25, 0.3) is 0 Å². The maximum atomic E-state index is 12.9. The summed E-state index contributed by atoms with van der Waals surface area (Å²) in [5, 5.41) is 9.73. The Morgan fingerprint density at radius 2 is 1.70 bits per heavy atom. The quantitative estimate of drug-likeness (QED) is 0.243. The van der Waals surface area contributed by atoms with E-state index in [1.54, 1.807) is 38.1 Å². The summed E-state index contributed by atoms with van der Waals surface area (Å²) in [7, 11) is -3.53. The molecule has 3 atom stereocenters. The van der Waals surface area contributed by atoms with Crippen LogP contribution in [0.2, 0.25) is 5.02 Å². The molecule has 8 nitrogen and oxygen atoms in total. The number of nitrogens with one attached hydrogen (secondary N) is 3. The van der Waals surface area contributed by atoms with Gasteiger partial charge in [-0.15, -0.1) is 0 Å². The van der Waals surface area contributed by atoms with Crippen molar-refractivity contribution in [1.82, 2.24) is 15.3 Å². The molecule has 4 rings (SSSR count). The fraction of sp³-hybridized carbons (Fsp3) is 0.467. The first-order chi connectivity index (χ1) is 18.8. The van der Waals surface area contributed by atoms with Crippen LogP contribution in [-0.2, 0) is 9.84 Å². The molecule has 1 aliphatic heterocycles. The summed E-state index contributed by atoms with van der Waals surface area (Å²) < 4.78 is 32.1. The molecule has 1 unspecified atom stereocenters. The van der Waals surface area contributed by atoms with Crippen LogP contribution in [-0.4, -0.2) is 41.8 Å². The van der Waals surface area contributed by atoms with E-state index in [-0.39, 0.29) is 16.0 Å². The zero-order valence-electron chi connectivity index (χ0n) is 24.2. The van der Waals surface area contributed by atoms with Gasteiger partial charge >= 0.3 is 0 Å². The first-order valence-electron chi connectivity index (χ1n) is 13.8. The number of rotatable bonds is 9. The topological polar surface area (TPSA) is 105 Å². The number of sulfone groups is 1. The van der Waals surface area contributed by atoms with Crippen molar-refractivity contribution < 1.29 is 13.2 Å². The van der Waals surface area contributed by atoms with Crippen molar-refractivity contribution >= 4 is 44.6 Å². The summed E-state index contributed by atoms with van der Waals surface area (Å²) in [4.78, 5) is 9.16. The average Bonchev–Trinajstić information content (AvgIpc) is 2.87. The van der Waals surface area contributed by atoms with Crippen LogP contribution in [0.15, 0.2) is 47.5 Å². The predicted molar refractivity (Wildman–Crippen MR) is 163 cm³/mol. The molecule has 216 valence electrons. The van der Waals surface area contributed by atoms with Crippen molar-refractivity contribution in [3.63, 3.8) is 0 Å². The first kappa shape index (κ1) is 30.1. The Morgan fingerprint density at radius 1 is 1.02 bits per heavy atom. The van der Waals surface area contributed by atoms with Crippen molar-refractivity contribution in [2.24, 2.45) is 0 Å². The van der Waals surface area contributed by atoms with Crippen molar-refractivity contribution in [3.05, 3.63) is 58.7 Å². The second kappa shape index (κ2) is 12.3. The minimum Gasteiger partial charge on any atom is -0.489 e. The molecule has 0 radical (unpaired) electrons. The van der Waals surface area contributed by atoms with Crippen molar-refractivity contribution in [1.29, 1.82) is 0 Å². The van der Waals surface area contributed by atoms with Gasteiger partial charge < -0.3 is 20.7 Å². The maximum Gasteiger partial charge on any atom is 0.229 e. The van der Waals surface area contributed by atoms with Crippen LogP contribution in [0.4, 0.5) is 23.1 Å². The molecule has 0 amide bonds. The van der Waals surface area contributed by atoms with E-state index in [9.17, 15) is 8.42 Å². The lowest BCUT2D eigenvalue weighted by Gasteiger charge is -2.34. The smallest absolute Gasteiger partial charge is 0.229 e. The van der Waals surface area contributed by atoms with E-state index in [0.717, 1.165) is 24.3 Å². The van der Waals surface area contributed by atoms with E-state index in [0.29, 0.717) is 35.5 Å². The number of halogens is 1. The number of hydrogen-bond acceptors (Lipinski definition) is 8. The Kier molecular flexibility index (Phi) is 9.27. The third kappa shape index (κ3) is 6.87. The van der Waals surface area contributed by atoms with Crippen LogP contribution in [0.3, 0.4) is 0 Å². The minimum absolute atomic E-state index is 0.0234. The summed E-state index contributed by atoms with van der Waals surface area (Å²) in [6.07, 6.45) is 3.61. The minimum atomic E-state index is -3.53. The SMILES string of the molecule is Cc1cc(Nc2ncc(Cl)c(Nc3ccccc3S(=O)(=O)C(C)C)n2)c(OC(C)C)cc1C1C[C@@H](C)N[C@@H](C)C1. The van der Waals surface area contributed by atoms with Gasteiger partial charge in [-0.2, -0.15) is 4.98 Å². The van der Waals surface area contributed by atoms with Crippen LogP contribution in [0.5, 0.6) is 5.75 Å². The van der Waals surface area contributed by atoms with E-state index in [1.807, 2.05) is 13.8 Å². The van der Waals surface area contributed by atoms with E-state index >= 15 is 0 Å². The lowest BCUT2D eigenvalue weighted by Crippen LogP contribution is -2.41.